The number of aryl methyl sites for hydroxylation is 2. The van der Waals surface area contributed by atoms with Crippen LogP contribution in [0.1, 0.15) is 42.4 Å². The molecule has 0 saturated heterocycles. The molecule has 3 aromatic rings. The highest BCUT2D eigenvalue weighted by atomic mass is 79.9. The number of fused-ring (bicyclic) bond motifs is 1. The average Bonchev–Trinajstić information content (AvgIpc) is 2.92. The highest BCUT2D eigenvalue weighted by molar-refractivity contribution is 9.10. The molecule has 0 bridgehead atoms. The van der Waals surface area contributed by atoms with Gasteiger partial charge in [-0.25, -0.2) is 9.97 Å². The summed E-state index contributed by atoms with van der Waals surface area (Å²) in [7, 11) is 0. The summed E-state index contributed by atoms with van der Waals surface area (Å²) in [5, 5.41) is 0. The number of imidazole rings is 1. The van der Waals surface area contributed by atoms with E-state index >= 15 is 0 Å². The molecule has 0 saturated carbocycles. The summed E-state index contributed by atoms with van der Waals surface area (Å²) in [6.45, 7) is 12.4. The van der Waals surface area contributed by atoms with Gasteiger partial charge in [-0.2, -0.15) is 0 Å². The molecule has 0 aliphatic rings. The Kier molecular flexibility index (Phi) is 4.28. The van der Waals surface area contributed by atoms with Gasteiger partial charge in [-0.05, 0) is 66.4 Å². The molecule has 0 amide bonds. The van der Waals surface area contributed by atoms with Gasteiger partial charge in [0.15, 0.2) is 5.65 Å². The molecule has 4 heteroatoms. The number of benzene rings is 1. The summed E-state index contributed by atoms with van der Waals surface area (Å²) in [5.41, 5.74) is 6.35. The van der Waals surface area contributed by atoms with Crippen molar-refractivity contribution in [2.45, 2.75) is 40.0 Å². The van der Waals surface area contributed by atoms with Gasteiger partial charge in [-0.1, -0.05) is 26.0 Å². The van der Waals surface area contributed by atoms with E-state index in [4.69, 9.17) is 9.97 Å². The van der Waals surface area contributed by atoms with Crippen LogP contribution >= 0.6 is 15.9 Å². The lowest BCUT2D eigenvalue weighted by atomic mass is 10.1. The molecule has 0 spiro atoms. The fourth-order valence-electron chi connectivity index (χ4n) is 2.82. The van der Waals surface area contributed by atoms with Crippen LogP contribution < -0.4 is 0 Å². The summed E-state index contributed by atoms with van der Waals surface area (Å²) < 4.78 is 3.22. The van der Waals surface area contributed by atoms with Crippen molar-refractivity contribution in [1.29, 1.82) is 0 Å². The number of hydrogen-bond acceptors (Lipinski definition) is 2. The van der Waals surface area contributed by atoms with Crippen molar-refractivity contribution in [3.05, 3.63) is 58.3 Å². The largest absolute Gasteiger partial charge is 0.280 e. The molecule has 0 fully saturated rings. The Hall–Kier alpha value is -1.68. The van der Waals surface area contributed by atoms with Crippen LogP contribution in [-0.2, 0) is 6.42 Å². The Bertz CT molecular complexity index is 861. The highest BCUT2D eigenvalue weighted by Gasteiger charge is 2.19. The molecule has 0 aliphatic heterocycles. The van der Waals surface area contributed by atoms with E-state index in [1.807, 2.05) is 6.92 Å². The van der Waals surface area contributed by atoms with Crippen LogP contribution in [0.5, 0.6) is 0 Å². The highest BCUT2D eigenvalue weighted by Crippen LogP contribution is 2.31. The normalized spacial score (nSPS) is 11.6. The van der Waals surface area contributed by atoms with Gasteiger partial charge in [0.1, 0.15) is 11.3 Å². The Morgan fingerprint density at radius 1 is 1.13 bits per heavy atom. The molecule has 0 atom stereocenters. The van der Waals surface area contributed by atoms with Crippen LogP contribution in [0.15, 0.2) is 28.7 Å². The van der Waals surface area contributed by atoms with Crippen LogP contribution in [0.2, 0.25) is 0 Å². The molecule has 3 rings (SSSR count). The summed E-state index contributed by atoms with van der Waals surface area (Å²) in [4.78, 5) is 9.69. The lowest BCUT2D eigenvalue weighted by Crippen LogP contribution is -2.04. The van der Waals surface area contributed by atoms with E-state index in [2.05, 4.69) is 72.5 Å². The first-order valence-electron chi connectivity index (χ1n) is 7.87. The van der Waals surface area contributed by atoms with Crippen LogP contribution in [-0.4, -0.2) is 14.5 Å². The molecule has 0 N–H and O–H groups in total. The lowest BCUT2D eigenvalue weighted by Gasteiger charge is -2.12. The van der Waals surface area contributed by atoms with Gasteiger partial charge in [0, 0.05) is 16.1 Å². The van der Waals surface area contributed by atoms with Crippen LogP contribution in [0, 0.1) is 20.8 Å². The maximum absolute atomic E-state index is 4.89. The van der Waals surface area contributed by atoms with E-state index in [1.54, 1.807) is 0 Å². The molecule has 0 aliphatic carbocycles. The van der Waals surface area contributed by atoms with Crippen molar-refractivity contribution in [3.8, 4) is 5.69 Å². The van der Waals surface area contributed by atoms with Crippen LogP contribution in [0.4, 0.5) is 0 Å². The lowest BCUT2D eigenvalue weighted by molar-refractivity contribution is 0.757. The first-order chi connectivity index (χ1) is 10.9. The minimum atomic E-state index is 0.315. The van der Waals surface area contributed by atoms with Crippen molar-refractivity contribution in [2.75, 3.05) is 0 Å². The van der Waals surface area contributed by atoms with Crippen LogP contribution in [0.25, 0.3) is 16.9 Å². The van der Waals surface area contributed by atoms with E-state index in [0.717, 1.165) is 44.8 Å². The molecule has 1 aromatic carbocycles. The quantitative estimate of drug-likeness (QED) is 0.626. The zero-order chi connectivity index (χ0) is 16.7. The second-order valence-electron chi connectivity index (χ2n) is 6.18. The minimum Gasteiger partial charge on any atom is -0.280 e. The summed E-state index contributed by atoms with van der Waals surface area (Å²) in [6, 6.07) is 8.50. The number of nitrogens with zero attached hydrogens (tertiary/aromatic N) is 3. The number of hydrogen-bond donors (Lipinski definition) is 0. The summed E-state index contributed by atoms with van der Waals surface area (Å²) >= 11 is 3.63. The Labute approximate surface area is 145 Å². The molecular weight excluding hydrogens is 350 g/mol. The maximum Gasteiger partial charge on any atom is 0.165 e. The van der Waals surface area contributed by atoms with Gasteiger partial charge in [-0.3, -0.25) is 4.57 Å². The number of aromatic nitrogens is 3. The monoisotopic (exact) mass is 370 g/mol. The standard InChI is InChI=1S/C19H21BrN3/c1-6-14-7-9-15(10-8-14)23-18(11(2)3)22-17-12(4)16(20)13(5)21-19(17)23/h7-11H,1,6H2,2-5H3. The SMILES string of the molecule is [CH2]Cc1ccc(-n2c(C(C)C)nc3c(C)c(Br)c(C)nc32)cc1. The summed E-state index contributed by atoms with van der Waals surface area (Å²) in [5.74, 6) is 1.35. The van der Waals surface area contributed by atoms with Gasteiger partial charge in [0.05, 0.1) is 5.69 Å². The van der Waals surface area contributed by atoms with Gasteiger partial charge in [-0.15, -0.1) is 0 Å². The Morgan fingerprint density at radius 3 is 2.35 bits per heavy atom. The predicted octanol–water partition coefficient (Wildman–Crippen LogP) is 5.30. The molecule has 119 valence electrons. The van der Waals surface area contributed by atoms with Crippen molar-refractivity contribution in [2.24, 2.45) is 0 Å². The molecule has 0 unspecified atom stereocenters. The van der Waals surface area contributed by atoms with Crippen LogP contribution in [0.3, 0.4) is 0 Å². The van der Waals surface area contributed by atoms with E-state index < -0.39 is 0 Å². The van der Waals surface area contributed by atoms with Crippen molar-refractivity contribution in [3.63, 3.8) is 0 Å². The van der Waals surface area contributed by atoms with Gasteiger partial charge >= 0.3 is 0 Å². The fourth-order valence-corrected chi connectivity index (χ4v) is 3.10. The Balaban J connectivity index is 2.34. The third-order valence-corrected chi connectivity index (χ3v) is 5.32. The van der Waals surface area contributed by atoms with E-state index in [9.17, 15) is 0 Å². The molecule has 2 heterocycles. The van der Waals surface area contributed by atoms with Gasteiger partial charge in [0.2, 0.25) is 0 Å². The molecule has 23 heavy (non-hydrogen) atoms. The van der Waals surface area contributed by atoms with E-state index in [0.29, 0.717) is 5.92 Å². The smallest absolute Gasteiger partial charge is 0.165 e. The van der Waals surface area contributed by atoms with Gasteiger partial charge < -0.3 is 0 Å². The molecule has 2 aromatic heterocycles. The van der Waals surface area contributed by atoms with Crippen molar-refractivity contribution in [1.82, 2.24) is 14.5 Å². The first-order valence-corrected chi connectivity index (χ1v) is 8.67. The van der Waals surface area contributed by atoms with Gasteiger partial charge in [0.25, 0.3) is 0 Å². The maximum atomic E-state index is 4.89. The summed E-state index contributed by atoms with van der Waals surface area (Å²) in [6.07, 6.45) is 0.797. The Morgan fingerprint density at radius 2 is 1.78 bits per heavy atom. The first kappa shape index (κ1) is 16.2. The fraction of sp³-hybridized carbons (Fsp3) is 0.316. The van der Waals surface area contributed by atoms with Crippen molar-refractivity contribution < 1.29 is 0 Å². The van der Waals surface area contributed by atoms with Crippen molar-refractivity contribution >= 4 is 27.1 Å². The second kappa shape index (κ2) is 6.08. The van der Waals surface area contributed by atoms with E-state index in [1.165, 1.54) is 5.56 Å². The third kappa shape index (κ3) is 2.69. The topological polar surface area (TPSA) is 30.7 Å². The number of pyridine rings is 1. The van der Waals surface area contributed by atoms with E-state index in [-0.39, 0.29) is 0 Å². The second-order valence-corrected chi connectivity index (χ2v) is 6.98. The average molecular weight is 371 g/mol. The zero-order valence-corrected chi connectivity index (χ0v) is 15.6. The number of halogens is 1. The minimum absolute atomic E-state index is 0.315. The molecular formula is C19H21BrN3. The molecule has 1 radical (unpaired) electrons. The zero-order valence-electron chi connectivity index (χ0n) is 14.0. The predicted molar refractivity (Wildman–Crippen MR) is 99.2 cm³/mol. The molecule has 3 nitrogen and oxygen atoms in total. The third-order valence-electron chi connectivity index (χ3n) is 4.15. The number of rotatable bonds is 3.